The highest BCUT2D eigenvalue weighted by molar-refractivity contribution is 9.11. The van der Waals surface area contributed by atoms with Crippen LogP contribution in [0.15, 0.2) is 286 Å². The molecule has 0 fully saturated rings. The second-order valence-electron chi connectivity index (χ2n) is 32.0. The molecule has 0 amide bonds. The van der Waals surface area contributed by atoms with Crippen molar-refractivity contribution in [3.05, 3.63) is 360 Å². The molecule has 0 aliphatic heterocycles. The fourth-order valence-electron chi connectivity index (χ4n) is 18.9. The molecule has 18 aromatic rings. The van der Waals surface area contributed by atoms with Crippen molar-refractivity contribution in [3.63, 3.8) is 0 Å². The number of aryl methyl sites for hydroxylation is 12. The fourth-order valence-corrected chi connectivity index (χ4v) is 21.4. The van der Waals surface area contributed by atoms with Crippen LogP contribution >= 0.6 is 95.6 Å². The van der Waals surface area contributed by atoms with Crippen LogP contribution in [0.3, 0.4) is 0 Å². The molecule has 0 spiro atoms. The summed E-state index contributed by atoms with van der Waals surface area (Å²) >= 11 is 22.5. The molecule has 7 heteroatoms. The quantitative estimate of drug-likeness (QED) is 0.162. The van der Waals surface area contributed by atoms with Crippen LogP contribution in [0, 0.1) is 83.1 Å². The second kappa shape index (κ2) is 30.4. The summed E-state index contributed by atoms with van der Waals surface area (Å²) in [5.74, 6) is 1.87. The van der Waals surface area contributed by atoms with Gasteiger partial charge in [-0.3, -0.25) is 0 Å². The average Bonchev–Trinajstić information content (AvgIpc) is 1.55. The molecule has 21 rings (SSSR count). The van der Waals surface area contributed by atoms with Gasteiger partial charge in [-0.15, -0.1) is 0 Å². The molecule has 115 heavy (non-hydrogen) atoms. The van der Waals surface area contributed by atoms with Gasteiger partial charge in [-0.1, -0.05) is 344 Å². The predicted octanol–water partition coefficient (Wildman–Crippen LogP) is 35.3. The van der Waals surface area contributed by atoms with Crippen molar-refractivity contribution in [2.75, 3.05) is 0 Å². The molecular formula is C108H80Br6O. The van der Waals surface area contributed by atoms with Crippen LogP contribution < -0.4 is 0 Å². The molecule has 3 aliphatic carbocycles. The first-order chi connectivity index (χ1) is 55.4. The summed E-state index contributed by atoms with van der Waals surface area (Å²) in [6.07, 6.45) is 4.34. The van der Waals surface area contributed by atoms with Crippen molar-refractivity contribution in [2.45, 2.75) is 83.1 Å². The Balaban J connectivity index is 0.000000112. The van der Waals surface area contributed by atoms with Gasteiger partial charge in [0.15, 0.2) is 0 Å². The number of halogens is 6. The predicted molar refractivity (Wildman–Crippen MR) is 517 cm³/mol. The molecule has 0 saturated carbocycles. The zero-order chi connectivity index (χ0) is 79.8. The smallest absolute Gasteiger partial charge is 0.142 e. The van der Waals surface area contributed by atoms with E-state index in [2.05, 4.69) is 446 Å². The molecule has 0 N–H and O–H groups in total. The van der Waals surface area contributed by atoms with E-state index in [1.54, 1.807) is 0 Å². The van der Waals surface area contributed by atoms with E-state index in [-0.39, 0.29) is 0 Å². The lowest BCUT2D eigenvalue weighted by molar-refractivity contribution is 0.601. The van der Waals surface area contributed by atoms with Crippen LogP contribution in [0.4, 0.5) is 0 Å². The number of benzene rings is 17. The lowest BCUT2D eigenvalue weighted by Crippen LogP contribution is -1.95. The van der Waals surface area contributed by atoms with E-state index in [9.17, 15) is 0 Å². The highest BCUT2D eigenvalue weighted by atomic mass is 79.9. The van der Waals surface area contributed by atoms with Gasteiger partial charge < -0.3 is 4.42 Å². The third-order valence-electron chi connectivity index (χ3n) is 22.8. The van der Waals surface area contributed by atoms with Crippen molar-refractivity contribution in [2.24, 2.45) is 0 Å². The van der Waals surface area contributed by atoms with E-state index in [4.69, 9.17) is 4.42 Å². The van der Waals surface area contributed by atoms with Crippen LogP contribution in [0.5, 0.6) is 0 Å². The average molecular weight is 1870 g/mol. The van der Waals surface area contributed by atoms with Crippen molar-refractivity contribution in [3.8, 4) is 112 Å². The minimum atomic E-state index is 0.933. The lowest BCUT2D eigenvalue weighted by Gasteiger charge is -2.21. The van der Waals surface area contributed by atoms with Gasteiger partial charge in [-0.25, -0.2) is 0 Å². The maximum Gasteiger partial charge on any atom is 0.142 e. The highest BCUT2D eigenvalue weighted by Crippen LogP contribution is 2.61. The Bertz CT molecular complexity index is 6870. The molecular weight excluding hydrogens is 1790 g/mol. The summed E-state index contributed by atoms with van der Waals surface area (Å²) in [5, 5.41) is 15.3. The summed E-state index contributed by atoms with van der Waals surface area (Å²) in [6, 6.07) is 94.2. The normalized spacial score (nSPS) is 11.9. The fraction of sp³-hybridized carbons (Fsp3) is 0.111. The number of fused-ring (bicyclic) bond motifs is 9. The first kappa shape index (κ1) is 76.5. The van der Waals surface area contributed by atoms with Gasteiger partial charge in [-0.2, -0.15) is 0 Å². The standard InChI is InChI=1S/2C36H26Br2.C24H21BrO.C12H7Br/c1-19-12-20(2)15-23(14-19)32-26-9-8-25(37)18-30(26)33(24-16-21(3)13-22(4)17-24)35-28-7-5-6-27-31(38)11-10-29(34(27)28)36(32)35;1-19-12-20(2)15-23(14-19)32-26-9-8-25(37)18-30(26)33(24-16-21(3)13-22(4)17-24)36-29-10-11-31(38)27-6-5-7-28(34(27)29)35(32)36;1-14-7-15(2)10-18(9-14)23-21-6-5-20(25)13-22(21)24(26-23)19-11-16(3)8-17(4)12-19;13-11-7-6-9-5-4-8-2-1-3-10(11)12(8)9/h2*5-18H,1-4H3;5-13H,1-4H3;1-7H. The van der Waals surface area contributed by atoms with Crippen molar-refractivity contribution in [1.82, 2.24) is 0 Å². The zero-order valence-electron chi connectivity index (χ0n) is 66.1. The summed E-state index contributed by atoms with van der Waals surface area (Å²) < 4.78 is 13.2. The van der Waals surface area contributed by atoms with Gasteiger partial charge in [0.2, 0.25) is 0 Å². The van der Waals surface area contributed by atoms with E-state index in [1.807, 2.05) is 0 Å². The van der Waals surface area contributed by atoms with Gasteiger partial charge in [0.05, 0.1) is 0 Å². The molecule has 0 atom stereocenters. The Morgan fingerprint density at radius 1 is 0.191 bits per heavy atom. The third-order valence-corrected chi connectivity index (χ3v) is 26.3. The van der Waals surface area contributed by atoms with Gasteiger partial charge >= 0.3 is 0 Å². The summed E-state index contributed by atoms with van der Waals surface area (Å²) in [7, 11) is 0. The minimum absolute atomic E-state index is 0.933. The third kappa shape index (κ3) is 14.0. The van der Waals surface area contributed by atoms with Crippen molar-refractivity contribution < 1.29 is 4.42 Å². The monoisotopic (exact) mass is 1870 g/mol. The van der Waals surface area contributed by atoms with Crippen molar-refractivity contribution >= 4 is 172 Å². The highest BCUT2D eigenvalue weighted by Gasteiger charge is 2.34. The summed E-state index contributed by atoms with van der Waals surface area (Å²) in [6.45, 7) is 26.1. The Hall–Kier alpha value is -9.80. The van der Waals surface area contributed by atoms with E-state index in [0.717, 1.165) is 55.8 Å². The molecule has 560 valence electrons. The molecule has 0 radical (unpaired) electrons. The molecule has 17 aromatic carbocycles. The van der Waals surface area contributed by atoms with Crippen molar-refractivity contribution in [1.29, 1.82) is 0 Å². The number of hydrogen-bond donors (Lipinski definition) is 0. The zero-order valence-corrected chi connectivity index (χ0v) is 75.6. The van der Waals surface area contributed by atoms with Crippen LogP contribution in [0.1, 0.15) is 77.9 Å². The number of furan rings is 1. The van der Waals surface area contributed by atoms with Gasteiger partial charge in [0, 0.05) is 48.7 Å². The van der Waals surface area contributed by atoms with E-state index >= 15 is 0 Å². The van der Waals surface area contributed by atoms with E-state index in [1.165, 1.54) is 225 Å². The Morgan fingerprint density at radius 2 is 0.461 bits per heavy atom. The first-order valence-corrected chi connectivity index (χ1v) is 43.8. The second-order valence-corrected chi connectivity index (χ2v) is 37.3. The first-order valence-electron chi connectivity index (χ1n) is 39.0. The number of rotatable bonds is 6. The van der Waals surface area contributed by atoms with Gasteiger partial charge in [0.1, 0.15) is 11.5 Å². The molecule has 0 unspecified atom stereocenters. The topological polar surface area (TPSA) is 13.1 Å². The molecule has 1 aromatic heterocycles. The Morgan fingerprint density at radius 3 is 0.817 bits per heavy atom. The Labute approximate surface area is 724 Å². The van der Waals surface area contributed by atoms with Gasteiger partial charge in [0.25, 0.3) is 0 Å². The summed E-state index contributed by atoms with van der Waals surface area (Å²) in [5.41, 5.74) is 41.2. The molecule has 0 bridgehead atoms. The molecule has 1 nitrogen and oxygen atoms in total. The number of hydrogen-bond acceptors (Lipinski definition) is 1. The SMILES string of the molecule is Brc1ccc2c3c(cccc13)C=C2.Cc1cc(C)cc(-c2c3c(c(-c4cc(C)cc(C)c4)c4cc(Br)ccc24)-c2ccc(Br)c4cccc-3c24)c1.Cc1cc(C)cc(-c2c3c(c(-c4cc(C)cc(C)c4)c4cc(Br)ccc24)-c2cccc4c(Br)ccc-3c24)c1.Cc1cc(C)cc(-c2oc(-c3cc(C)cc(C)c3)c3cc(Br)ccc23)c1. The molecule has 3 aliphatic rings. The van der Waals surface area contributed by atoms with Crippen LogP contribution in [-0.2, 0) is 0 Å². The lowest BCUT2D eigenvalue weighted by atomic mass is 9.81. The molecule has 0 saturated heterocycles. The van der Waals surface area contributed by atoms with Crippen LogP contribution in [-0.4, -0.2) is 0 Å². The van der Waals surface area contributed by atoms with E-state index in [0.29, 0.717) is 0 Å². The van der Waals surface area contributed by atoms with E-state index < -0.39 is 0 Å². The molecule has 1 heterocycles. The largest absolute Gasteiger partial charge is 0.455 e. The minimum Gasteiger partial charge on any atom is -0.455 e. The van der Waals surface area contributed by atoms with Gasteiger partial charge in [-0.05, 0) is 322 Å². The maximum absolute atomic E-state index is 6.49. The maximum atomic E-state index is 6.49. The van der Waals surface area contributed by atoms with Crippen LogP contribution in [0.2, 0.25) is 0 Å². The summed E-state index contributed by atoms with van der Waals surface area (Å²) in [4.78, 5) is 0. The Kier molecular flexibility index (Phi) is 20.2. The van der Waals surface area contributed by atoms with Crippen LogP contribution in [0.25, 0.3) is 188 Å².